The van der Waals surface area contributed by atoms with Crippen molar-refractivity contribution < 1.29 is 9.90 Å². The lowest BCUT2D eigenvalue weighted by Crippen LogP contribution is -2.36. The number of hydrogen-bond donors (Lipinski definition) is 4. The van der Waals surface area contributed by atoms with Gasteiger partial charge in [0, 0.05) is 23.3 Å². The second-order valence-electron chi connectivity index (χ2n) is 5.74. The molecule has 1 aromatic carbocycles. The zero-order chi connectivity index (χ0) is 14.6. The minimum absolute atomic E-state index is 0.0994. The van der Waals surface area contributed by atoms with E-state index in [1.807, 2.05) is 0 Å². The quantitative estimate of drug-likeness (QED) is 0.615. The number of rotatable bonds is 5. The highest BCUT2D eigenvalue weighted by molar-refractivity contribution is 5.99. The first-order chi connectivity index (χ1) is 9.56. The van der Waals surface area contributed by atoms with Crippen LogP contribution in [0.15, 0.2) is 18.2 Å². The van der Waals surface area contributed by atoms with Crippen molar-refractivity contribution >= 4 is 17.3 Å². The van der Waals surface area contributed by atoms with Crippen LogP contribution in [0.5, 0.6) is 0 Å². The van der Waals surface area contributed by atoms with Crippen molar-refractivity contribution in [1.29, 1.82) is 0 Å². The number of aliphatic hydroxyl groups is 1. The summed E-state index contributed by atoms with van der Waals surface area (Å²) in [6.45, 7) is 0.793. The van der Waals surface area contributed by atoms with Crippen molar-refractivity contribution in [2.45, 2.75) is 32.1 Å². The lowest BCUT2D eigenvalue weighted by molar-refractivity contribution is 0.0942. The zero-order valence-corrected chi connectivity index (χ0v) is 11.7. The Hall–Kier alpha value is -1.75. The van der Waals surface area contributed by atoms with E-state index in [0.29, 0.717) is 23.5 Å². The number of carbonyl (C=O) groups is 1. The smallest absolute Gasteiger partial charge is 0.250 e. The van der Waals surface area contributed by atoms with E-state index in [9.17, 15) is 9.90 Å². The number of nitrogens with two attached hydrogens (primary N) is 2. The highest BCUT2D eigenvalue weighted by atomic mass is 16.3. The molecule has 0 aromatic heterocycles. The molecule has 0 heterocycles. The molecule has 2 rings (SSSR count). The van der Waals surface area contributed by atoms with E-state index < -0.39 is 5.91 Å². The van der Waals surface area contributed by atoms with Gasteiger partial charge in [0.05, 0.1) is 12.2 Å². The number of anilines is 2. The molecule has 1 aromatic rings. The minimum Gasteiger partial charge on any atom is -0.399 e. The molecule has 0 bridgehead atoms. The molecule has 0 spiro atoms. The Morgan fingerprint density at radius 1 is 1.30 bits per heavy atom. The van der Waals surface area contributed by atoms with E-state index in [2.05, 4.69) is 5.32 Å². The Kier molecular flexibility index (Phi) is 4.49. The molecule has 0 saturated heterocycles. The van der Waals surface area contributed by atoms with Crippen LogP contribution in [0.1, 0.15) is 42.5 Å². The maximum absolute atomic E-state index is 11.4. The summed E-state index contributed by atoms with van der Waals surface area (Å²) >= 11 is 0. The van der Waals surface area contributed by atoms with Crippen molar-refractivity contribution in [2.75, 3.05) is 24.2 Å². The SMILES string of the molecule is NC(=O)c1ccc(N)cc1NCC1(CO)CCCCC1. The van der Waals surface area contributed by atoms with Crippen LogP contribution in [0.2, 0.25) is 0 Å². The Morgan fingerprint density at radius 2 is 2.00 bits per heavy atom. The van der Waals surface area contributed by atoms with Crippen LogP contribution in [0.25, 0.3) is 0 Å². The summed E-state index contributed by atoms with van der Waals surface area (Å²) in [5.74, 6) is -0.478. The maximum atomic E-state index is 11.4. The molecule has 1 fully saturated rings. The molecule has 5 nitrogen and oxygen atoms in total. The Labute approximate surface area is 119 Å². The number of carbonyl (C=O) groups excluding carboxylic acids is 1. The van der Waals surface area contributed by atoms with E-state index >= 15 is 0 Å². The van der Waals surface area contributed by atoms with Gasteiger partial charge in [0.2, 0.25) is 0 Å². The topological polar surface area (TPSA) is 101 Å². The van der Waals surface area contributed by atoms with Gasteiger partial charge in [0.15, 0.2) is 0 Å². The molecular formula is C15H23N3O2. The van der Waals surface area contributed by atoms with Gasteiger partial charge in [-0.1, -0.05) is 19.3 Å². The van der Waals surface area contributed by atoms with Gasteiger partial charge < -0.3 is 21.9 Å². The lowest BCUT2D eigenvalue weighted by atomic mass is 9.74. The molecule has 0 unspecified atom stereocenters. The summed E-state index contributed by atoms with van der Waals surface area (Å²) in [7, 11) is 0. The van der Waals surface area contributed by atoms with Crippen LogP contribution >= 0.6 is 0 Å². The second-order valence-corrected chi connectivity index (χ2v) is 5.74. The fourth-order valence-corrected chi connectivity index (χ4v) is 2.90. The van der Waals surface area contributed by atoms with Gasteiger partial charge in [-0.25, -0.2) is 0 Å². The zero-order valence-electron chi connectivity index (χ0n) is 11.7. The minimum atomic E-state index is -0.478. The molecule has 1 saturated carbocycles. The van der Waals surface area contributed by atoms with E-state index in [1.165, 1.54) is 6.42 Å². The van der Waals surface area contributed by atoms with E-state index in [-0.39, 0.29) is 12.0 Å². The van der Waals surface area contributed by atoms with Gasteiger partial charge in [-0.05, 0) is 31.0 Å². The maximum Gasteiger partial charge on any atom is 0.250 e. The Balaban J connectivity index is 2.13. The number of amides is 1. The van der Waals surface area contributed by atoms with Crippen molar-refractivity contribution in [2.24, 2.45) is 11.1 Å². The van der Waals surface area contributed by atoms with Crippen LogP contribution in [0.4, 0.5) is 11.4 Å². The van der Waals surface area contributed by atoms with Gasteiger partial charge in [-0.3, -0.25) is 4.79 Å². The number of nitrogen functional groups attached to an aromatic ring is 1. The second kappa shape index (κ2) is 6.13. The van der Waals surface area contributed by atoms with Gasteiger partial charge in [-0.2, -0.15) is 0 Å². The molecule has 0 atom stereocenters. The van der Waals surface area contributed by atoms with Crippen molar-refractivity contribution in [3.63, 3.8) is 0 Å². The highest BCUT2D eigenvalue weighted by Crippen LogP contribution is 2.36. The Bertz CT molecular complexity index is 482. The molecule has 0 aliphatic heterocycles. The largest absolute Gasteiger partial charge is 0.399 e. The summed E-state index contributed by atoms with van der Waals surface area (Å²) in [5.41, 5.74) is 12.7. The number of nitrogens with one attached hydrogen (secondary N) is 1. The first kappa shape index (κ1) is 14.7. The van der Waals surface area contributed by atoms with Crippen molar-refractivity contribution in [1.82, 2.24) is 0 Å². The molecule has 1 amide bonds. The average Bonchev–Trinajstić information content (AvgIpc) is 2.46. The summed E-state index contributed by atoms with van der Waals surface area (Å²) in [4.78, 5) is 11.4. The summed E-state index contributed by atoms with van der Waals surface area (Å²) in [5, 5.41) is 13.0. The van der Waals surface area contributed by atoms with Crippen LogP contribution in [-0.4, -0.2) is 24.2 Å². The molecule has 20 heavy (non-hydrogen) atoms. The molecule has 6 N–H and O–H groups in total. The van der Waals surface area contributed by atoms with Crippen LogP contribution < -0.4 is 16.8 Å². The predicted octanol–water partition coefficient (Wildman–Crippen LogP) is 1.72. The fraction of sp³-hybridized carbons (Fsp3) is 0.533. The van der Waals surface area contributed by atoms with Gasteiger partial charge in [0.25, 0.3) is 5.91 Å². The van der Waals surface area contributed by atoms with Gasteiger partial charge >= 0.3 is 0 Å². The van der Waals surface area contributed by atoms with Gasteiger partial charge in [0.1, 0.15) is 0 Å². The number of primary amides is 1. The first-order valence-corrected chi connectivity index (χ1v) is 7.10. The van der Waals surface area contributed by atoms with Crippen molar-refractivity contribution in [3.8, 4) is 0 Å². The van der Waals surface area contributed by atoms with E-state index in [0.717, 1.165) is 25.7 Å². The van der Waals surface area contributed by atoms with E-state index in [4.69, 9.17) is 11.5 Å². The monoisotopic (exact) mass is 277 g/mol. The number of hydrogen-bond acceptors (Lipinski definition) is 4. The predicted molar refractivity (Wildman–Crippen MR) is 80.5 cm³/mol. The molecule has 110 valence electrons. The average molecular weight is 277 g/mol. The normalized spacial score (nSPS) is 17.6. The summed E-state index contributed by atoms with van der Waals surface area (Å²) in [6.07, 6.45) is 5.52. The third-order valence-corrected chi connectivity index (χ3v) is 4.21. The Morgan fingerprint density at radius 3 is 2.60 bits per heavy atom. The summed E-state index contributed by atoms with van der Waals surface area (Å²) < 4.78 is 0. The summed E-state index contributed by atoms with van der Waals surface area (Å²) in [6, 6.07) is 5.01. The standard InChI is InChI=1S/C15H23N3O2/c16-11-4-5-12(14(17)20)13(8-11)18-9-15(10-19)6-2-1-3-7-15/h4-5,8,18-19H,1-3,6-7,9-10,16H2,(H2,17,20). The lowest BCUT2D eigenvalue weighted by Gasteiger charge is -2.36. The molecular weight excluding hydrogens is 254 g/mol. The number of benzene rings is 1. The molecule has 1 aliphatic carbocycles. The fourth-order valence-electron chi connectivity index (χ4n) is 2.90. The molecule has 1 aliphatic rings. The third kappa shape index (κ3) is 3.22. The van der Waals surface area contributed by atoms with Crippen molar-refractivity contribution in [3.05, 3.63) is 23.8 Å². The van der Waals surface area contributed by atoms with E-state index in [1.54, 1.807) is 18.2 Å². The molecule has 5 heteroatoms. The van der Waals surface area contributed by atoms with Crippen LogP contribution in [0, 0.1) is 5.41 Å². The number of aliphatic hydroxyl groups excluding tert-OH is 1. The van der Waals surface area contributed by atoms with Gasteiger partial charge in [-0.15, -0.1) is 0 Å². The van der Waals surface area contributed by atoms with Crippen LogP contribution in [0.3, 0.4) is 0 Å². The third-order valence-electron chi connectivity index (χ3n) is 4.21. The highest BCUT2D eigenvalue weighted by Gasteiger charge is 2.31. The van der Waals surface area contributed by atoms with Crippen LogP contribution in [-0.2, 0) is 0 Å². The molecule has 0 radical (unpaired) electrons. The first-order valence-electron chi connectivity index (χ1n) is 7.10.